The first-order chi connectivity index (χ1) is 15.1. The maximum absolute atomic E-state index is 12.2. The lowest BCUT2D eigenvalue weighted by molar-refractivity contribution is 0.0951. The molecule has 0 radical (unpaired) electrons. The minimum Gasteiger partial charge on any atom is -0.348 e. The Bertz CT molecular complexity index is 1180. The smallest absolute Gasteiger partial charge is 0.251 e. The summed E-state index contributed by atoms with van der Waals surface area (Å²) in [5, 5.41) is 6.23. The SMILES string of the molecule is O=C(NCc1ccc(Nc2ccnc(-c3ccc(Br)cc3)n2)cc1)c1ccc(Br)cc1. The van der Waals surface area contributed by atoms with Gasteiger partial charge in [-0.15, -0.1) is 0 Å². The van der Waals surface area contributed by atoms with E-state index in [1.54, 1.807) is 18.3 Å². The maximum atomic E-state index is 12.2. The van der Waals surface area contributed by atoms with Crippen LogP contribution in [0.25, 0.3) is 11.4 Å². The Balaban J connectivity index is 1.37. The maximum Gasteiger partial charge on any atom is 0.251 e. The second-order valence-corrected chi connectivity index (χ2v) is 8.62. The van der Waals surface area contributed by atoms with Gasteiger partial charge in [-0.05, 0) is 60.2 Å². The molecule has 0 saturated heterocycles. The van der Waals surface area contributed by atoms with Gasteiger partial charge in [-0.2, -0.15) is 0 Å². The molecule has 0 aliphatic carbocycles. The molecule has 31 heavy (non-hydrogen) atoms. The summed E-state index contributed by atoms with van der Waals surface area (Å²) in [6, 6.07) is 24.9. The fourth-order valence-corrected chi connectivity index (χ4v) is 3.43. The summed E-state index contributed by atoms with van der Waals surface area (Å²) < 4.78 is 1.96. The Morgan fingerprint density at radius 2 is 1.45 bits per heavy atom. The normalized spacial score (nSPS) is 10.5. The van der Waals surface area contributed by atoms with E-state index in [9.17, 15) is 4.79 Å². The number of aromatic nitrogens is 2. The molecule has 0 spiro atoms. The summed E-state index contributed by atoms with van der Waals surface area (Å²) in [6.45, 7) is 0.455. The Morgan fingerprint density at radius 3 is 2.13 bits per heavy atom. The first-order valence-electron chi connectivity index (χ1n) is 9.55. The van der Waals surface area contributed by atoms with Gasteiger partial charge in [0, 0.05) is 38.5 Å². The Morgan fingerprint density at radius 1 is 0.806 bits per heavy atom. The highest BCUT2D eigenvalue weighted by Crippen LogP contribution is 2.21. The summed E-state index contributed by atoms with van der Waals surface area (Å²) in [5.74, 6) is 1.27. The van der Waals surface area contributed by atoms with Crippen molar-refractivity contribution in [1.29, 1.82) is 0 Å². The van der Waals surface area contributed by atoms with Gasteiger partial charge in [0.2, 0.25) is 0 Å². The van der Waals surface area contributed by atoms with Gasteiger partial charge in [0.15, 0.2) is 5.82 Å². The molecule has 1 aromatic heterocycles. The summed E-state index contributed by atoms with van der Waals surface area (Å²) in [5.41, 5.74) is 3.49. The van der Waals surface area contributed by atoms with Gasteiger partial charge < -0.3 is 10.6 Å². The van der Waals surface area contributed by atoms with Crippen LogP contribution in [-0.4, -0.2) is 15.9 Å². The van der Waals surface area contributed by atoms with E-state index in [0.717, 1.165) is 25.8 Å². The molecule has 154 valence electrons. The van der Waals surface area contributed by atoms with Crippen LogP contribution in [0.4, 0.5) is 11.5 Å². The Labute approximate surface area is 197 Å². The van der Waals surface area contributed by atoms with E-state index >= 15 is 0 Å². The number of hydrogen-bond donors (Lipinski definition) is 2. The molecule has 0 aliphatic heterocycles. The van der Waals surface area contributed by atoms with Crippen LogP contribution >= 0.6 is 31.9 Å². The first-order valence-corrected chi connectivity index (χ1v) is 11.1. The van der Waals surface area contributed by atoms with E-state index in [0.29, 0.717) is 23.8 Å². The monoisotopic (exact) mass is 536 g/mol. The van der Waals surface area contributed by atoms with Crippen LogP contribution in [0, 0.1) is 0 Å². The van der Waals surface area contributed by atoms with Gasteiger partial charge in [0.1, 0.15) is 5.82 Å². The minimum atomic E-state index is -0.101. The third-order valence-corrected chi connectivity index (χ3v) is 5.60. The highest BCUT2D eigenvalue weighted by Gasteiger charge is 2.06. The highest BCUT2D eigenvalue weighted by atomic mass is 79.9. The third kappa shape index (κ3) is 5.77. The van der Waals surface area contributed by atoms with Gasteiger partial charge in [-0.25, -0.2) is 9.97 Å². The summed E-state index contributed by atoms with van der Waals surface area (Å²) in [7, 11) is 0. The van der Waals surface area contributed by atoms with Crippen molar-refractivity contribution < 1.29 is 4.79 Å². The molecule has 0 aliphatic rings. The van der Waals surface area contributed by atoms with Crippen molar-refractivity contribution in [1.82, 2.24) is 15.3 Å². The van der Waals surface area contributed by atoms with Crippen molar-refractivity contribution >= 4 is 49.3 Å². The van der Waals surface area contributed by atoms with E-state index in [1.807, 2.05) is 66.7 Å². The predicted octanol–water partition coefficient (Wildman–Crippen LogP) is 6.34. The number of carbonyl (C=O) groups excluding carboxylic acids is 1. The second-order valence-electron chi connectivity index (χ2n) is 6.78. The number of halogens is 2. The molecule has 1 amide bonds. The van der Waals surface area contributed by atoms with E-state index in [4.69, 9.17) is 0 Å². The number of amides is 1. The number of rotatable bonds is 6. The number of nitrogens with one attached hydrogen (secondary N) is 2. The molecular formula is C24H18Br2N4O. The van der Waals surface area contributed by atoms with E-state index in [1.165, 1.54) is 0 Å². The molecule has 2 N–H and O–H groups in total. The van der Waals surface area contributed by atoms with Crippen molar-refractivity contribution in [2.75, 3.05) is 5.32 Å². The zero-order chi connectivity index (χ0) is 21.6. The van der Waals surface area contributed by atoms with Crippen molar-refractivity contribution in [2.24, 2.45) is 0 Å². The topological polar surface area (TPSA) is 66.9 Å². The molecule has 5 nitrogen and oxygen atoms in total. The van der Waals surface area contributed by atoms with Crippen molar-refractivity contribution in [3.8, 4) is 11.4 Å². The average Bonchev–Trinajstić information content (AvgIpc) is 2.79. The Kier molecular flexibility index (Phi) is 6.74. The summed E-state index contributed by atoms with van der Waals surface area (Å²) in [4.78, 5) is 21.2. The average molecular weight is 538 g/mol. The van der Waals surface area contributed by atoms with Gasteiger partial charge in [-0.1, -0.05) is 56.1 Å². The molecule has 0 atom stereocenters. The van der Waals surface area contributed by atoms with Crippen LogP contribution < -0.4 is 10.6 Å². The number of anilines is 2. The van der Waals surface area contributed by atoms with E-state index in [2.05, 4.69) is 52.5 Å². The number of nitrogens with zero attached hydrogens (tertiary/aromatic N) is 2. The molecule has 0 unspecified atom stereocenters. The lowest BCUT2D eigenvalue weighted by atomic mass is 10.2. The standard InChI is InChI=1S/C24H18Br2N4O/c25-19-7-3-17(4-8-19)23-27-14-13-22(30-23)29-21-11-1-16(2-12-21)15-28-24(31)18-5-9-20(26)10-6-18/h1-14H,15H2,(H,28,31)(H,27,29,30). The quantitative estimate of drug-likeness (QED) is 0.301. The molecule has 1 heterocycles. The van der Waals surface area contributed by atoms with Crippen molar-refractivity contribution in [3.63, 3.8) is 0 Å². The van der Waals surface area contributed by atoms with E-state index in [-0.39, 0.29) is 5.91 Å². The minimum absolute atomic E-state index is 0.101. The molecular weight excluding hydrogens is 520 g/mol. The molecule has 4 rings (SSSR count). The summed E-state index contributed by atoms with van der Waals surface area (Å²) in [6.07, 6.45) is 1.73. The summed E-state index contributed by atoms with van der Waals surface area (Å²) >= 11 is 6.81. The largest absolute Gasteiger partial charge is 0.348 e. The van der Waals surface area contributed by atoms with Gasteiger partial charge in [0.05, 0.1) is 0 Å². The molecule has 4 aromatic rings. The fourth-order valence-electron chi connectivity index (χ4n) is 2.91. The predicted molar refractivity (Wildman–Crippen MR) is 130 cm³/mol. The zero-order valence-electron chi connectivity index (χ0n) is 16.3. The number of carbonyl (C=O) groups is 1. The first kappa shape index (κ1) is 21.2. The van der Waals surface area contributed by atoms with Crippen LogP contribution in [0.2, 0.25) is 0 Å². The van der Waals surface area contributed by atoms with Crippen molar-refractivity contribution in [3.05, 3.63) is 105 Å². The molecule has 0 saturated carbocycles. The zero-order valence-corrected chi connectivity index (χ0v) is 19.5. The molecule has 0 fully saturated rings. The number of benzene rings is 3. The molecule has 7 heteroatoms. The van der Waals surface area contributed by atoms with Gasteiger partial charge in [-0.3, -0.25) is 4.79 Å². The lowest BCUT2D eigenvalue weighted by Gasteiger charge is -2.09. The second kappa shape index (κ2) is 9.85. The highest BCUT2D eigenvalue weighted by molar-refractivity contribution is 9.10. The van der Waals surface area contributed by atoms with Crippen LogP contribution in [0.5, 0.6) is 0 Å². The van der Waals surface area contributed by atoms with Gasteiger partial charge >= 0.3 is 0 Å². The molecule has 3 aromatic carbocycles. The Hall–Kier alpha value is -3.03. The fraction of sp³-hybridized carbons (Fsp3) is 0.0417. The number of hydrogen-bond acceptors (Lipinski definition) is 4. The third-order valence-electron chi connectivity index (χ3n) is 4.54. The van der Waals surface area contributed by atoms with Crippen LogP contribution in [-0.2, 0) is 6.54 Å². The molecule has 0 bridgehead atoms. The van der Waals surface area contributed by atoms with Crippen LogP contribution in [0.1, 0.15) is 15.9 Å². The van der Waals surface area contributed by atoms with Crippen LogP contribution in [0.15, 0.2) is 94.0 Å². The lowest BCUT2D eigenvalue weighted by Crippen LogP contribution is -2.22. The van der Waals surface area contributed by atoms with Crippen molar-refractivity contribution in [2.45, 2.75) is 6.54 Å². The van der Waals surface area contributed by atoms with Crippen LogP contribution in [0.3, 0.4) is 0 Å². The van der Waals surface area contributed by atoms with E-state index < -0.39 is 0 Å². The van der Waals surface area contributed by atoms with Gasteiger partial charge in [0.25, 0.3) is 5.91 Å².